The fourth-order valence-electron chi connectivity index (χ4n) is 12.2. The fourth-order valence-corrected chi connectivity index (χ4v) is 12.2. The van der Waals surface area contributed by atoms with Crippen LogP contribution >= 0.6 is 0 Å². The summed E-state index contributed by atoms with van der Waals surface area (Å²) in [6.45, 7) is 10.8. The van der Waals surface area contributed by atoms with Gasteiger partial charge in [-0.25, -0.2) is 9.49 Å². The summed E-state index contributed by atoms with van der Waals surface area (Å²) in [6.07, 6.45) is 12.0. The molecular formula is C48H58FN5O6. The number of unbranched alkanes of at least 4 members (excludes halogenated alkanes) is 2. The van der Waals surface area contributed by atoms with Crippen LogP contribution in [0.15, 0.2) is 63.9 Å². The molecule has 8 rings (SSSR count). The Morgan fingerprint density at radius 1 is 0.917 bits per heavy atom. The highest BCUT2D eigenvalue weighted by Gasteiger charge is 2.66. The SMILES string of the molecule is C=N[C@]12CC[C@]3(C)[C@@H](C(=O)COCCCCCC(=O)N4CCN(C(=O)c5cc(Cc6n[nH]c(=O)c7ccccc67)ccc5F)CC4)CC[C@H]3[C@@H]1CCC1=CC(=O)CC[C@@]12C. The molecule has 4 aliphatic carbocycles. The lowest BCUT2D eigenvalue weighted by atomic mass is 9.43. The number of nitrogens with zero attached hydrogens (tertiary/aromatic N) is 4. The quantitative estimate of drug-likeness (QED) is 0.144. The van der Waals surface area contributed by atoms with Gasteiger partial charge in [0.25, 0.3) is 11.5 Å². The van der Waals surface area contributed by atoms with Crippen LogP contribution in [0, 0.1) is 34.4 Å². The predicted octanol–water partition coefficient (Wildman–Crippen LogP) is 7.05. The van der Waals surface area contributed by atoms with E-state index in [0.29, 0.717) is 92.3 Å². The first-order valence-corrected chi connectivity index (χ1v) is 22.0. The molecule has 1 saturated heterocycles. The lowest BCUT2D eigenvalue weighted by molar-refractivity contribution is -0.136. The molecule has 4 fully saturated rings. The summed E-state index contributed by atoms with van der Waals surface area (Å²) in [7, 11) is 0. The van der Waals surface area contributed by atoms with Crippen molar-refractivity contribution in [1.82, 2.24) is 20.0 Å². The van der Waals surface area contributed by atoms with Crippen LogP contribution in [0.3, 0.4) is 0 Å². The summed E-state index contributed by atoms with van der Waals surface area (Å²) < 4.78 is 20.9. The number of aromatic amines is 1. The van der Waals surface area contributed by atoms with Crippen LogP contribution in [0.4, 0.5) is 4.39 Å². The van der Waals surface area contributed by atoms with E-state index in [1.165, 1.54) is 11.6 Å². The summed E-state index contributed by atoms with van der Waals surface area (Å²) in [5.74, 6) is 0.196. The predicted molar refractivity (Wildman–Crippen MR) is 227 cm³/mol. The number of aliphatic imine (C=N–C) groups is 1. The van der Waals surface area contributed by atoms with Crippen LogP contribution in [-0.4, -0.2) is 95.0 Å². The minimum absolute atomic E-state index is 0.0206. The Kier molecular flexibility index (Phi) is 11.8. The Balaban J connectivity index is 0.750. The Morgan fingerprint density at radius 3 is 2.47 bits per heavy atom. The number of halogens is 1. The van der Waals surface area contributed by atoms with E-state index in [2.05, 4.69) is 30.8 Å². The van der Waals surface area contributed by atoms with Gasteiger partial charge in [0, 0.05) is 68.8 Å². The number of amides is 2. The second-order valence-electron chi connectivity index (χ2n) is 18.5. The number of ether oxygens (including phenoxy) is 1. The Morgan fingerprint density at radius 2 is 1.68 bits per heavy atom. The fraction of sp³-hybridized carbons (Fsp3) is 0.562. The summed E-state index contributed by atoms with van der Waals surface area (Å²) in [6, 6.07) is 11.6. The van der Waals surface area contributed by atoms with Gasteiger partial charge in [-0.3, -0.25) is 29.0 Å². The van der Waals surface area contributed by atoms with Gasteiger partial charge in [0.2, 0.25) is 5.91 Å². The average Bonchev–Trinajstić information content (AvgIpc) is 3.62. The normalized spacial score (nSPS) is 28.8. The van der Waals surface area contributed by atoms with Crippen LogP contribution in [0.25, 0.3) is 10.8 Å². The molecule has 0 unspecified atom stereocenters. The van der Waals surface area contributed by atoms with E-state index < -0.39 is 11.7 Å². The third-order valence-corrected chi connectivity index (χ3v) is 15.6. The topological polar surface area (TPSA) is 142 Å². The molecule has 6 atom stereocenters. The molecule has 0 radical (unpaired) electrons. The molecular weight excluding hydrogens is 762 g/mol. The van der Waals surface area contributed by atoms with Gasteiger partial charge in [-0.15, -0.1) is 0 Å². The molecule has 0 bridgehead atoms. The minimum atomic E-state index is -0.608. The van der Waals surface area contributed by atoms with Crippen molar-refractivity contribution >= 4 is 40.9 Å². The molecule has 3 saturated carbocycles. The van der Waals surface area contributed by atoms with Crippen molar-refractivity contribution in [3.05, 3.63) is 87.1 Å². The molecule has 0 spiro atoms. The number of nitrogens with one attached hydrogen (secondary N) is 1. The number of H-pyrrole nitrogens is 1. The number of piperazine rings is 1. The van der Waals surface area contributed by atoms with E-state index in [9.17, 15) is 28.4 Å². The minimum Gasteiger partial charge on any atom is -0.374 e. The third-order valence-electron chi connectivity index (χ3n) is 15.6. The molecule has 5 aliphatic rings. The molecule has 1 aliphatic heterocycles. The molecule has 1 aromatic heterocycles. The number of carbonyl (C=O) groups excluding carboxylic acids is 4. The maximum absolute atomic E-state index is 15.0. The maximum atomic E-state index is 15.0. The summed E-state index contributed by atoms with van der Waals surface area (Å²) in [5.41, 5.74) is 1.77. The van der Waals surface area contributed by atoms with Crippen LogP contribution in [0.5, 0.6) is 0 Å². The highest BCUT2D eigenvalue weighted by Crippen LogP contribution is 2.69. The van der Waals surface area contributed by atoms with E-state index in [4.69, 9.17) is 9.73 Å². The van der Waals surface area contributed by atoms with Gasteiger partial charge in [-0.05, 0) is 112 Å². The second kappa shape index (κ2) is 16.9. The number of benzene rings is 2. The zero-order chi connectivity index (χ0) is 42.2. The lowest BCUT2D eigenvalue weighted by Crippen LogP contribution is -2.62. The number of Topliss-reactive ketones (excluding diaryl/α,β-unsaturated/α-hetero) is 1. The van der Waals surface area contributed by atoms with Crippen LogP contribution in [-0.2, 0) is 25.5 Å². The van der Waals surface area contributed by atoms with Gasteiger partial charge < -0.3 is 14.5 Å². The lowest BCUT2D eigenvalue weighted by Gasteiger charge is -2.63. The molecule has 2 aromatic carbocycles. The third kappa shape index (κ3) is 7.47. The molecule has 3 aromatic rings. The van der Waals surface area contributed by atoms with Gasteiger partial charge >= 0.3 is 0 Å². The van der Waals surface area contributed by atoms with Crippen molar-refractivity contribution < 1.29 is 28.3 Å². The first-order chi connectivity index (χ1) is 28.9. The molecule has 1 N–H and O–H groups in total. The summed E-state index contributed by atoms with van der Waals surface area (Å²) >= 11 is 0. The Labute approximate surface area is 351 Å². The number of rotatable bonds is 13. The zero-order valence-corrected chi connectivity index (χ0v) is 35.1. The number of hydrogen-bond acceptors (Lipinski definition) is 8. The molecule has 11 nitrogen and oxygen atoms in total. The number of fused-ring (bicyclic) bond motifs is 6. The van der Waals surface area contributed by atoms with Crippen molar-refractivity contribution in [2.45, 2.75) is 103 Å². The largest absolute Gasteiger partial charge is 0.374 e. The van der Waals surface area contributed by atoms with E-state index in [1.54, 1.807) is 34.1 Å². The first-order valence-electron chi connectivity index (χ1n) is 22.0. The van der Waals surface area contributed by atoms with Crippen LogP contribution in [0.2, 0.25) is 0 Å². The van der Waals surface area contributed by atoms with Crippen LogP contribution < -0.4 is 5.56 Å². The average molecular weight is 820 g/mol. The van der Waals surface area contributed by atoms with Crippen molar-refractivity contribution in [3.8, 4) is 0 Å². The Hall–Kier alpha value is -4.84. The van der Waals surface area contributed by atoms with Gasteiger partial charge in [-0.1, -0.05) is 50.1 Å². The first kappa shape index (κ1) is 41.9. The molecule has 318 valence electrons. The van der Waals surface area contributed by atoms with Crippen molar-refractivity contribution in [2.24, 2.45) is 33.6 Å². The van der Waals surface area contributed by atoms with Crippen molar-refractivity contribution in [2.75, 3.05) is 39.4 Å². The molecule has 2 amide bonds. The number of hydrogen-bond donors (Lipinski definition) is 1. The second-order valence-corrected chi connectivity index (χ2v) is 18.5. The number of ketones is 2. The summed E-state index contributed by atoms with van der Waals surface area (Å²) in [4.78, 5) is 73.0. The maximum Gasteiger partial charge on any atom is 0.272 e. The number of carbonyl (C=O) groups is 4. The molecule has 12 heteroatoms. The van der Waals surface area contributed by atoms with Crippen LogP contribution in [0.1, 0.15) is 113 Å². The van der Waals surface area contributed by atoms with Gasteiger partial charge in [0.05, 0.1) is 22.2 Å². The smallest absolute Gasteiger partial charge is 0.272 e. The molecule has 60 heavy (non-hydrogen) atoms. The van der Waals surface area contributed by atoms with E-state index >= 15 is 0 Å². The van der Waals surface area contributed by atoms with E-state index in [-0.39, 0.29) is 57.5 Å². The van der Waals surface area contributed by atoms with Gasteiger partial charge in [-0.2, -0.15) is 5.10 Å². The van der Waals surface area contributed by atoms with Crippen molar-refractivity contribution in [3.63, 3.8) is 0 Å². The van der Waals surface area contributed by atoms with E-state index in [1.807, 2.05) is 18.2 Å². The van der Waals surface area contributed by atoms with Gasteiger partial charge in [0.15, 0.2) is 11.6 Å². The monoisotopic (exact) mass is 819 g/mol. The van der Waals surface area contributed by atoms with Crippen molar-refractivity contribution in [1.29, 1.82) is 0 Å². The highest BCUT2D eigenvalue weighted by molar-refractivity contribution is 5.95. The molecule has 2 heterocycles. The van der Waals surface area contributed by atoms with E-state index in [0.717, 1.165) is 57.8 Å². The standard InChI is InChI=1S/C48H58FN5O6/c1-46-20-21-48(50-3)38(14-13-32-29-33(55)18-19-47(32,48)2)37(46)15-16-39(46)42(56)30-60-26-8-4-5-11-43(57)53-22-24-54(25-23-53)45(59)36-27-31(12-17-40(36)49)28-41-34-9-6-7-10-35(34)44(58)52-51-41/h6-7,9-10,12,17,27,29,37-39H,3-5,8,11,13-16,18-26,28,30H2,1-2H3,(H,52,58)/t37-,38-,39+,46-,47-,48+/m0/s1. The summed E-state index contributed by atoms with van der Waals surface area (Å²) in [5, 5.41) is 7.96. The zero-order valence-electron chi connectivity index (χ0n) is 35.1. The highest BCUT2D eigenvalue weighted by atomic mass is 19.1. The number of aromatic nitrogens is 2. The Bertz CT molecular complexity index is 2280. The van der Waals surface area contributed by atoms with Gasteiger partial charge in [0.1, 0.15) is 12.4 Å².